The first-order chi connectivity index (χ1) is 6.24. The van der Waals surface area contributed by atoms with Gasteiger partial charge in [0.25, 0.3) is 0 Å². The Bertz CT molecular complexity index is 160. The van der Waals surface area contributed by atoms with Crippen molar-refractivity contribution in [3.63, 3.8) is 0 Å². The highest BCUT2D eigenvalue weighted by Crippen LogP contribution is 2.28. The van der Waals surface area contributed by atoms with E-state index in [0.29, 0.717) is 5.92 Å². The Balaban J connectivity index is 2.18. The Hall–Kier alpha value is -0.570. The van der Waals surface area contributed by atoms with Crippen molar-refractivity contribution in [1.29, 1.82) is 0 Å². The number of carbonyl (C=O) groups is 1. The van der Waals surface area contributed by atoms with Gasteiger partial charge in [-0.15, -0.1) is 0 Å². The van der Waals surface area contributed by atoms with Crippen molar-refractivity contribution >= 4 is 5.97 Å². The average Bonchev–Trinajstić information content (AvgIpc) is 2.15. The van der Waals surface area contributed by atoms with Crippen molar-refractivity contribution in [2.24, 2.45) is 11.8 Å². The van der Waals surface area contributed by atoms with Crippen LogP contribution in [-0.2, 0) is 9.53 Å². The highest BCUT2D eigenvalue weighted by atomic mass is 16.5. The maximum atomic E-state index is 10.6. The number of ether oxygens (including phenoxy) is 1. The zero-order valence-corrected chi connectivity index (χ0v) is 8.16. The van der Waals surface area contributed by atoms with Crippen LogP contribution in [-0.4, -0.2) is 24.3 Å². The number of rotatable bonds is 4. The van der Waals surface area contributed by atoms with Crippen molar-refractivity contribution in [3.8, 4) is 0 Å². The van der Waals surface area contributed by atoms with Crippen LogP contribution in [0.1, 0.15) is 32.6 Å². The summed E-state index contributed by atoms with van der Waals surface area (Å²) < 4.78 is 5.32. The largest absolute Gasteiger partial charge is 0.481 e. The van der Waals surface area contributed by atoms with E-state index in [9.17, 15) is 4.79 Å². The molecule has 1 aliphatic carbocycles. The van der Waals surface area contributed by atoms with Gasteiger partial charge in [0.1, 0.15) is 0 Å². The molecule has 0 aromatic heterocycles. The molecule has 1 fully saturated rings. The predicted octanol–water partition coefficient (Wildman–Crippen LogP) is 1.91. The van der Waals surface area contributed by atoms with Gasteiger partial charge in [0.15, 0.2) is 0 Å². The van der Waals surface area contributed by atoms with E-state index in [4.69, 9.17) is 9.84 Å². The minimum absolute atomic E-state index is 0.0992. The summed E-state index contributed by atoms with van der Waals surface area (Å²) in [5.41, 5.74) is 0. The monoisotopic (exact) mass is 186 g/mol. The van der Waals surface area contributed by atoms with E-state index in [1.54, 1.807) is 0 Å². The molecule has 0 amide bonds. The molecule has 1 N–H and O–H groups in total. The molecule has 0 spiro atoms. The molecule has 0 radical (unpaired) electrons. The van der Waals surface area contributed by atoms with E-state index in [1.165, 1.54) is 0 Å². The lowest BCUT2D eigenvalue weighted by Gasteiger charge is -2.25. The van der Waals surface area contributed by atoms with Gasteiger partial charge in [0, 0.05) is 13.2 Å². The molecular formula is C10H18O3. The van der Waals surface area contributed by atoms with Gasteiger partial charge in [0.2, 0.25) is 0 Å². The van der Waals surface area contributed by atoms with E-state index >= 15 is 0 Å². The third kappa shape index (κ3) is 3.35. The summed E-state index contributed by atoms with van der Waals surface area (Å²) in [7, 11) is 0. The summed E-state index contributed by atoms with van der Waals surface area (Å²) in [5.74, 6) is -0.136. The smallest absolute Gasteiger partial charge is 0.306 e. The summed E-state index contributed by atoms with van der Waals surface area (Å²) in [5, 5.41) is 8.77. The predicted molar refractivity (Wildman–Crippen MR) is 49.6 cm³/mol. The summed E-state index contributed by atoms with van der Waals surface area (Å²) in [6.45, 7) is 3.56. The van der Waals surface area contributed by atoms with Crippen LogP contribution in [0.4, 0.5) is 0 Å². The molecule has 3 heteroatoms. The highest BCUT2D eigenvalue weighted by molar-refractivity contribution is 5.69. The van der Waals surface area contributed by atoms with Crippen molar-refractivity contribution in [2.45, 2.75) is 32.6 Å². The quantitative estimate of drug-likeness (QED) is 0.729. The van der Waals surface area contributed by atoms with Crippen LogP contribution in [0.5, 0.6) is 0 Å². The van der Waals surface area contributed by atoms with Gasteiger partial charge in [-0.05, 0) is 38.5 Å². The zero-order valence-electron chi connectivity index (χ0n) is 8.16. The van der Waals surface area contributed by atoms with Crippen LogP contribution in [0, 0.1) is 11.8 Å². The second-order valence-electron chi connectivity index (χ2n) is 3.72. The fourth-order valence-electron chi connectivity index (χ4n) is 1.86. The minimum atomic E-state index is -0.630. The second-order valence-corrected chi connectivity index (χ2v) is 3.72. The van der Waals surface area contributed by atoms with E-state index in [-0.39, 0.29) is 5.92 Å². The number of carboxylic acid groups (broad SMARTS) is 1. The van der Waals surface area contributed by atoms with Crippen molar-refractivity contribution in [2.75, 3.05) is 13.2 Å². The van der Waals surface area contributed by atoms with E-state index in [1.807, 2.05) is 6.92 Å². The number of hydrogen-bond acceptors (Lipinski definition) is 2. The summed E-state index contributed by atoms with van der Waals surface area (Å²) in [6.07, 6.45) is 3.67. The molecule has 0 aromatic rings. The fraction of sp³-hybridized carbons (Fsp3) is 0.900. The molecule has 0 saturated heterocycles. The standard InChI is InChI=1S/C10H18O3/c1-2-13-7-8-3-5-9(6-4-8)10(11)12/h8-9H,2-7H2,1H3,(H,11,12)/t8-,9+. The van der Waals surface area contributed by atoms with Crippen LogP contribution in [0.25, 0.3) is 0 Å². The van der Waals surface area contributed by atoms with Gasteiger partial charge in [-0.25, -0.2) is 0 Å². The first-order valence-electron chi connectivity index (χ1n) is 5.04. The molecule has 1 aliphatic rings. The molecule has 0 bridgehead atoms. The maximum Gasteiger partial charge on any atom is 0.306 e. The maximum absolute atomic E-state index is 10.6. The lowest BCUT2D eigenvalue weighted by molar-refractivity contribution is -0.143. The molecule has 3 nitrogen and oxygen atoms in total. The average molecular weight is 186 g/mol. The number of hydrogen-bond donors (Lipinski definition) is 1. The molecule has 0 unspecified atom stereocenters. The molecule has 0 aliphatic heterocycles. The fourth-order valence-corrected chi connectivity index (χ4v) is 1.86. The second kappa shape index (κ2) is 5.22. The van der Waals surface area contributed by atoms with Crippen molar-refractivity contribution in [1.82, 2.24) is 0 Å². The summed E-state index contributed by atoms with van der Waals surface area (Å²) in [6, 6.07) is 0. The van der Waals surface area contributed by atoms with Crippen LogP contribution >= 0.6 is 0 Å². The van der Waals surface area contributed by atoms with Crippen molar-refractivity contribution < 1.29 is 14.6 Å². The van der Waals surface area contributed by atoms with E-state index in [0.717, 1.165) is 38.9 Å². The Morgan fingerprint density at radius 1 is 1.38 bits per heavy atom. The van der Waals surface area contributed by atoms with Crippen LogP contribution < -0.4 is 0 Å². The molecule has 1 saturated carbocycles. The van der Waals surface area contributed by atoms with Gasteiger partial charge >= 0.3 is 5.97 Å². The summed E-state index contributed by atoms with van der Waals surface area (Å²) in [4.78, 5) is 10.6. The van der Waals surface area contributed by atoms with Crippen molar-refractivity contribution in [3.05, 3.63) is 0 Å². The first kappa shape index (κ1) is 10.5. The molecule has 13 heavy (non-hydrogen) atoms. The van der Waals surface area contributed by atoms with Gasteiger partial charge in [-0.1, -0.05) is 0 Å². The van der Waals surface area contributed by atoms with Gasteiger partial charge in [-0.3, -0.25) is 4.79 Å². The molecule has 76 valence electrons. The Kier molecular flexibility index (Phi) is 4.22. The van der Waals surface area contributed by atoms with Crippen LogP contribution in [0.3, 0.4) is 0 Å². The lowest BCUT2D eigenvalue weighted by atomic mass is 9.82. The molecule has 0 heterocycles. The third-order valence-electron chi connectivity index (χ3n) is 2.75. The number of carboxylic acids is 1. The van der Waals surface area contributed by atoms with Gasteiger partial charge in [0.05, 0.1) is 5.92 Å². The van der Waals surface area contributed by atoms with Crippen LogP contribution in [0.15, 0.2) is 0 Å². The van der Waals surface area contributed by atoms with Crippen LogP contribution in [0.2, 0.25) is 0 Å². The SMILES string of the molecule is CCOC[C@H]1CC[C@@H](C(=O)O)CC1. The Labute approximate surface area is 79.1 Å². The Morgan fingerprint density at radius 2 is 2.00 bits per heavy atom. The molecular weight excluding hydrogens is 168 g/mol. The minimum Gasteiger partial charge on any atom is -0.481 e. The van der Waals surface area contributed by atoms with Gasteiger partial charge in [-0.2, -0.15) is 0 Å². The molecule has 0 atom stereocenters. The first-order valence-corrected chi connectivity index (χ1v) is 5.04. The van der Waals surface area contributed by atoms with Gasteiger partial charge < -0.3 is 9.84 Å². The topological polar surface area (TPSA) is 46.5 Å². The third-order valence-corrected chi connectivity index (χ3v) is 2.75. The molecule has 1 rings (SSSR count). The summed E-state index contributed by atoms with van der Waals surface area (Å²) >= 11 is 0. The lowest BCUT2D eigenvalue weighted by Crippen LogP contribution is -2.23. The number of aliphatic carboxylic acids is 1. The Morgan fingerprint density at radius 3 is 2.46 bits per heavy atom. The van der Waals surface area contributed by atoms with E-state index in [2.05, 4.69) is 0 Å². The molecule has 0 aromatic carbocycles. The highest BCUT2D eigenvalue weighted by Gasteiger charge is 2.25. The van der Waals surface area contributed by atoms with E-state index < -0.39 is 5.97 Å². The zero-order chi connectivity index (χ0) is 9.68. The normalized spacial score (nSPS) is 28.7.